The van der Waals surface area contributed by atoms with Crippen molar-refractivity contribution in [1.82, 2.24) is 0 Å². The molecule has 0 spiro atoms. The van der Waals surface area contributed by atoms with Gasteiger partial charge in [-0.1, -0.05) is 6.07 Å². The van der Waals surface area contributed by atoms with Crippen LogP contribution in [0.3, 0.4) is 0 Å². The molecule has 6 heteroatoms. The molecule has 2 aromatic rings. The summed E-state index contributed by atoms with van der Waals surface area (Å²) in [7, 11) is 0. The van der Waals surface area contributed by atoms with Crippen molar-refractivity contribution in [2.75, 3.05) is 10.6 Å². The van der Waals surface area contributed by atoms with Crippen LogP contribution >= 0.6 is 11.8 Å². The molecule has 3 rings (SSSR count). The number of hydrogen-bond donors (Lipinski definition) is 3. The lowest BCUT2D eigenvalue weighted by molar-refractivity contribution is -0.115. The number of nitrogens with one attached hydrogen (secondary N) is 2. The van der Waals surface area contributed by atoms with Gasteiger partial charge in [0, 0.05) is 22.2 Å². The van der Waals surface area contributed by atoms with Gasteiger partial charge >= 0.3 is 0 Å². The Labute approximate surface area is 131 Å². The van der Waals surface area contributed by atoms with Crippen LogP contribution in [0.5, 0.6) is 5.75 Å². The van der Waals surface area contributed by atoms with Gasteiger partial charge in [0.05, 0.1) is 10.9 Å². The predicted molar refractivity (Wildman–Crippen MR) is 86.5 cm³/mol. The fraction of sp³-hybridized carbons (Fsp3) is 0.125. The molecule has 22 heavy (non-hydrogen) atoms. The first-order valence-electron chi connectivity index (χ1n) is 6.75. The Kier molecular flexibility index (Phi) is 3.77. The van der Waals surface area contributed by atoms with Crippen LogP contribution < -0.4 is 10.6 Å². The SMILES string of the molecule is CC1Sc2ccc(C(=O)Nc3cccc(O)c3)cc2NC1=O. The van der Waals surface area contributed by atoms with Crippen LogP contribution in [0, 0.1) is 0 Å². The molecule has 2 aromatic carbocycles. The van der Waals surface area contributed by atoms with E-state index in [9.17, 15) is 14.7 Å². The monoisotopic (exact) mass is 314 g/mol. The van der Waals surface area contributed by atoms with Crippen molar-refractivity contribution in [3.63, 3.8) is 0 Å². The van der Waals surface area contributed by atoms with E-state index in [-0.39, 0.29) is 22.8 Å². The number of phenolic OH excluding ortho intramolecular Hbond substituents is 1. The second kappa shape index (κ2) is 5.73. The highest BCUT2D eigenvalue weighted by molar-refractivity contribution is 8.00. The van der Waals surface area contributed by atoms with E-state index in [1.165, 1.54) is 23.9 Å². The number of anilines is 2. The van der Waals surface area contributed by atoms with Crippen LogP contribution in [0.1, 0.15) is 17.3 Å². The Morgan fingerprint density at radius 1 is 1.27 bits per heavy atom. The van der Waals surface area contributed by atoms with Crippen LogP contribution in [0.15, 0.2) is 47.4 Å². The maximum absolute atomic E-state index is 12.2. The van der Waals surface area contributed by atoms with E-state index in [2.05, 4.69) is 10.6 Å². The molecule has 0 saturated carbocycles. The summed E-state index contributed by atoms with van der Waals surface area (Å²) >= 11 is 1.47. The minimum absolute atomic E-state index is 0.0666. The van der Waals surface area contributed by atoms with Crippen LogP contribution in [-0.4, -0.2) is 22.2 Å². The van der Waals surface area contributed by atoms with Gasteiger partial charge < -0.3 is 15.7 Å². The number of phenols is 1. The zero-order valence-electron chi connectivity index (χ0n) is 11.8. The number of rotatable bonds is 2. The number of carbonyl (C=O) groups excluding carboxylic acids is 2. The summed E-state index contributed by atoms with van der Waals surface area (Å²) in [4.78, 5) is 24.9. The lowest BCUT2D eigenvalue weighted by atomic mass is 10.1. The van der Waals surface area contributed by atoms with Crippen molar-refractivity contribution in [1.29, 1.82) is 0 Å². The first-order chi connectivity index (χ1) is 10.5. The largest absolute Gasteiger partial charge is 0.508 e. The topological polar surface area (TPSA) is 78.4 Å². The number of benzene rings is 2. The second-order valence-electron chi connectivity index (χ2n) is 4.96. The van der Waals surface area contributed by atoms with Gasteiger partial charge in [0.15, 0.2) is 0 Å². The van der Waals surface area contributed by atoms with E-state index < -0.39 is 0 Å². The van der Waals surface area contributed by atoms with E-state index in [0.717, 1.165) is 4.90 Å². The molecule has 5 nitrogen and oxygen atoms in total. The maximum atomic E-state index is 12.2. The van der Waals surface area contributed by atoms with E-state index in [0.29, 0.717) is 16.9 Å². The van der Waals surface area contributed by atoms with Crippen molar-refractivity contribution < 1.29 is 14.7 Å². The third kappa shape index (κ3) is 2.92. The van der Waals surface area contributed by atoms with Gasteiger partial charge in [0.2, 0.25) is 5.91 Å². The van der Waals surface area contributed by atoms with Gasteiger partial charge in [-0.2, -0.15) is 0 Å². The molecular weight excluding hydrogens is 300 g/mol. The average Bonchev–Trinajstić information content (AvgIpc) is 2.48. The van der Waals surface area contributed by atoms with E-state index >= 15 is 0 Å². The second-order valence-corrected chi connectivity index (χ2v) is 6.35. The van der Waals surface area contributed by atoms with Gasteiger partial charge in [0.25, 0.3) is 5.91 Å². The lowest BCUT2D eigenvalue weighted by Crippen LogP contribution is -2.26. The number of amides is 2. The number of carbonyl (C=O) groups is 2. The summed E-state index contributed by atoms with van der Waals surface area (Å²) in [5.74, 6) is -0.282. The van der Waals surface area contributed by atoms with Gasteiger partial charge in [0.1, 0.15) is 5.75 Å². The summed E-state index contributed by atoms with van der Waals surface area (Å²) in [6.45, 7) is 1.84. The highest BCUT2D eigenvalue weighted by Gasteiger charge is 2.23. The highest BCUT2D eigenvalue weighted by Crippen LogP contribution is 2.36. The Bertz CT molecular complexity index is 761. The number of aromatic hydroxyl groups is 1. The molecule has 0 aliphatic carbocycles. The average molecular weight is 314 g/mol. The smallest absolute Gasteiger partial charge is 0.255 e. The number of hydrogen-bond acceptors (Lipinski definition) is 4. The molecule has 1 aliphatic heterocycles. The molecule has 3 N–H and O–H groups in total. The molecule has 0 saturated heterocycles. The van der Waals surface area contributed by atoms with Crippen molar-refractivity contribution >= 4 is 35.0 Å². The molecule has 1 unspecified atom stereocenters. The highest BCUT2D eigenvalue weighted by atomic mass is 32.2. The molecule has 1 heterocycles. The van der Waals surface area contributed by atoms with Crippen molar-refractivity contribution in [2.45, 2.75) is 17.1 Å². The summed E-state index contributed by atoms with van der Waals surface area (Å²) < 4.78 is 0. The van der Waals surface area contributed by atoms with E-state index in [4.69, 9.17) is 0 Å². The normalized spacial score (nSPS) is 16.6. The molecule has 0 fully saturated rings. The lowest BCUT2D eigenvalue weighted by Gasteiger charge is -2.21. The number of thioether (sulfide) groups is 1. The molecule has 0 bridgehead atoms. The molecule has 2 amide bonds. The maximum Gasteiger partial charge on any atom is 0.255 e. The Morgan fingerprint density at radius 3 is 2.86 bits per heavy atom. The third-order valence-corrected chi connectivity index (χ3v) is 4.45. The van der Waals surface area contributed by atoms with Crippen molar-refractivity contribution in [3.8, 4) is 5.75 Å². The van der Waals surface area contributed by atoms with E-state index in [1.807, 2.05) is 13.0 Å². The van der Waals surface area contributed by atoms with E-state index in [1.54, 1.807) is 24.3 Å². The minimum atomic E-state index is -0.300. The van der Waals surface area contributed by atoms with Gasteiger partial charge in [-0.25, -0.2) is 0 Å². The molecule has 0 aromatic heterocycles. The Morgan fingerprint density at radius 2 is 2.09 bits per heavy atom. The summed E-state index contributed by atoms with van der Waals surface area (Å²) in [6, 6.07) is 11.5. The zero-order chi connectivity index (χ0) is 15.7. The van der Waals surface area contributed by atoms with Crippen LogP contribution in [-0.2, 0) is 4.79 Å². The standard InChI is InChI=1S/C16H14N2O3S/c1-9-15(20)18-13-7-10(5-6-14(13)22-9)16(21)17-11-3-2-4-12(19)8-11/h2-9,19H,1H3,(H,17,21)(H,18,20). The van der Waals surface area contributed by atoms with Crippen LogP contribution in [0.2, 0.25) is 0 Å². The Hall–Kier alpha value is -2.47. The predicted octanol–water partition coefficient (Wildman–Crippen LogP) is 3.08. The molecular formula is C16H14N2O3S. The van der Waals surface area contributed by atoms with Gasteiger partial charge in [-0.05, 0) is 37.3 Å². The van der Waals surface area contributed by atoms with Crippen molar-refractivity contribution in [2.24, 2.45) is 0 Å². The van der Waals surface area contributed by atoms with Crippen LogP contribution in [0.25, 0.3) is 0 Å². The number of fused-ring (bicyclic) bond motifs is 1. The Balaban J connectivity index is 1.82. The summed E-state index contributed by atoms with van der Waals surface area (Å²) in [5, 5.41) is 14.8. The fourth-order valence-electron chi connectivity index (χ4n) is 2.14. The van der Waals surface area contributed by atoms with Gasteiger partial charge in [-0.3, -0.25) is 9.59 Å². The van der Waals surface area contributed by atoms with Gasteiger partial charge in [-0.15, -0.1) is 11.8 Å². The molecule has 0 radical (unpaired) electrons. The summed E-state index contributed by atoms with van der Waals surface area (Å²) in [5.41, 5.74) is 1.60. The first-order valence-corrected chi connectivity index (χ1v) is 7.63. The first kappa shape index (κ1) is 14.5. The summed E-state index contributed by atoms with van der Waals surface area (Å²) in [6.07, 6.45) is 0. The van der Waals surface area contributed by atoms with Crippen molar-refractivity contribution in [3.05, 3.63) is 48.0 Å². The third-order valence-electron chi connectivity index (χ3n) is 3.28. The molecule has 112 valence electrons. The molecule has 1 atom stereocenters. The minimum Gasteiger partial charge on any atom is -0.508 e. The molecule has 1 aliphatic rings. The van der Waals surface area contributed by atoms with Crippen LogP contribution in [0.4, 0.5) is 11.4 Å². The zero-order valence-corrected chi connectivity index (χ0v) is 12.6. The fourth-order valence-corrected chi connectivity index (χ4v) is 3.07. The quantitative estimate of drug-likeness (QED) is 0.796.